The summed E-state index contributed by atoms with van der Waals surface area (Å²) >= 11 is 0. The molecule has 2 aromatic rings. The number of aromatic nitrogens is 2. The standard InChI is InChI=1S/C13H9N3/c1-2-16-13-5-11-9-3-8(6-14-7-9)10(11)4-12(13)15-1/h1-2,4-7,14H,3H2. The van der Waals surface area contributed by atoms with Gasteiger partial charge in [-0.1, -0.05) is 0 Å². The van der Waals surface area contributed by atoms with Crippen LogP contribution in [-0.4, -0.2) is 9.97 Å². The Hall–Kier alpha value is -2.16. The van der Waals surface area contributed by atoms with Crippen molar-refractivity contribution in [3.05, 3.63) is 48.1 Å². The number of hydrogen-bond acceptors (Lipinski definition) is 3. The first kappa shape index (κ1) is 8.05. The monoisotopic (exact) mass is 207 g/mol. The topological polar surface area (TPSA) is 37.8 Å². The summed E-state index contributed by atoms with van der Waals surface area (Å²) in [5.74, 6) is 0. The molecule has 2 aliphatic rings. The van der Waals surface area contributed by atoms with Crippen molar-refractivity contribution in [2.24, 2.45) is 0 Å². The molecule has 2 heterocycles. The summed E-state index contributed by atoms with van der Waals surface area (Å²) in [7, 11) is 0. The number of nitrogens with one attached hydrogen (secondary N) is 1. The molecular weight excluding hydrogens is 198 g/mol. The lowest BCUT2D eigenvalue weighted by Gasteiger charge is -2.02. The van der Waals surface area contributed by atoms with Gasteiger partial charge >= 0.3 is 0 Å². The molecule has 2 bridgehead atoms. The van der Waals surface area contributed by atoms with Crippen LogP contribution in [0, 0.1) is 0 Å². The van der Waals surface area contributed by atoms with E-state index in [1.165, 1.54) is 22.3 Å². The molecule has 0 radical (unpaired) electrons. The summed E-state index contributed by atoms with van der Waals surface area (Å²) in [5.41, 5.74) is 7.22. The second kappa shape index (κ2) is 2.70. The van der Waals surface area contributed by atoms with E-state index in [4.69, 9.17) is 0 Å². The van der Waals surface area contributed by atoms with Crippen LogP contribution in [0.4, 0.5) is 0 Å². The van der Waals surface area contributed by atoms with Crippen LogP contribution in [0.5, 0.6) is 0 Å². The molecule has 0 fully saturated rings. The molecule has 1 aromatic heterocycles. The van der Waals surface area contributed by atoms with Gasteiger partial charge in [-0.25, -0.2) is 0 Å². The van der Waals surface area contributed by atoms with Crippen molar-refractivity contribution in [3.8, 4) is 0 Å². The van der Waals surface area contributed by atoms with E-state index in [1.807, 2.05) is 0 Å². The van der Waals surface area contributed by atoms with Crippen LogP contribution in [0.25, 0.3) is 22.2 Å². The van der Waals surface area contributed by atoms with Crippen LogP contribution in [0.15, 0.2) is 36.9 Å². The smallest absolute Gasteiger partial charge is 0.0893 e. The molecule has 1 aliphatic carbocycles. The Kier molecular flexibility index (Phi) is 1.36. The number of fused-ring (bicyclic) bond motifs is 6. The predicted molar refractivity (Wildman–Crippen MR) is 63.2 cm³/mol. The molecule has 3 nitrogen and oxygen atoms in total. The molecular formula is C13H9N3. The fourth-order valence-corrected chi connectivity index (χ4v) is 2.44. The van der Waals surface area contributed by atoms with Crippen LogP contribution in [0.3, 0.4) is 0 Å². The molecule has 4 rings (SSSR count). The average Bonchev–Trinajstić information content (AvgIpc) is 2.59. The third-order valence-corrected chi connectivity index (χ3v) is 3.20. The minimum absolute atomic E-state index is 0.968. The Balaban J connectivity index is 2.14. The predicted octanol–water partition coefficient (Wildman–Crippen LogP) is 2.32. The fraction of sp³-hybridized carbons (Fsp3) is 0.0769. The maximum absolute atomic E-state index is 4.34. The third kappa shape index (κ3) is 0.922. The summed E-state index contributed by atoms with van der Waals surface area (Å²) in [5, 5.41) is 3.18. The van der Waals surface area contributed by atoms with Gasteiger partial charge in [-0.3, -0.25) is 9.97 Å². The second-order valence-electron chi connectivity index (χ2n) is 4.13. The SMILES string of the molecule is C1=C2CC(=CN1)c1cc3nccnc3cc12. The molecule has 1 N–H and O–H groups in total. The minimum atomic E-state index is 0.968. The number of benzene rings is 1. The molecule has 0 atom stereocenters. The van der Waals surface area contributed by atoms with Crippen molar-refractivity contribution in [2.75, 3.05) is 0 Å². The van der Waals surface area contributed by atoms with E-state index >= 15 is 0 Å². The first-order valence-corrected chi connectivity index (χ1v) is 5.31. The molecule has 1 aromatic carbocycles. The number of hydrogen-bond donors (Lipinski definition) is 1. The lowest BCUT2D eigenvalue weighted by Crippen LogP contribution is -1.97. The van der Waals surface area contributed by atoms with Crippen molar-refractivity contribution in [1.29, 1.82) is 0 Å². The van der Waals surface area contributed by atoms with Crippen molar-refractivity contribution in [1.82, 2.24) is 15.3 Å². The van der Waals surface area contributed by atoms with E-state index in [1.54, 1.807) is 12.4 Å². The van der Waals surface area contributed by atoms with Crippen molar-refractivity contribution >= 4 is 22.2 Å². The van der Waals surface area contributed by atoms with Crippen LogP contribution in [0.1, 0.15) is 17.5 Å². The van der Waals surface area contributed by atoms with E-state index in [0.717, 1.165) is 17.5 Å². The van der Waals surface area contributed by atoms with E-state index in [9.17, 15) is 0 Å². The van der Waals surface area contributed by atoms with Crippen molar-refractivity contribution in [3.63, 3.8) is 0 Å². The van der Waals surface area contributed by atoms with Crippen LogP contribution in [0.2, 0.25) is 0 Å². The highest BCUT2D eigenvalue weighted by molar-refractivity contribution is 5.98. The average molecular weight is 207 g/mol. The molecule has 0 amide bonds. The molecule has 3 heteroatoms. The molecule has 1 aliphatic heterocycles. The van der Waals surface area contributed by atoms with Crippen LogP contribution in [-0.2, 0) is 0 Å². The Bertz CT molecular complexity index is 611. The van der Waals surface area contributed by atoms with Gasteiger partial charge in [0.2, 0.25) is 0 Å². The Morgan fingerprint density at radius 1 is 0.875 bits per heavy atom. The summed E-state index contributed by atoms with van der Waals surface area (Å²) in [6.45, 7) is 0. The molecule has 0 unspecified atom stereocenters. The van der Waals surface area contributed by atoms with Crippen LogP contribution < -0.4 is 5.32 Å². The van der Waals surface area contributed by atoms with E-state index in [0.29, 0.717) is 0 Å². The second-order valence-corrected chi connectivity index (χ2v) is 4.13. The summed E-state index contributed by atoms with van der Waals surface area (Å²) < 4.78 is 0. The maximum atomic E-state index is 4.34. The third-order valence-electron chi connectivity index (χ3n) is 3.20. The van der Waals surface area contributed by atoms with Gasteiger partial charge in [-0.05, 0) is 34.4 Å². The highest BCUT2D eigenvalue weighted by atomic mass is 14.8. The first-order valence-electron chi connectivity index (χ1n) is 5.31. The minimum Gasteiger partial charge on any atom is -0.367 e. The molecule has 16 heavy (non-hydrogen) atoms. The molecule has 0 saturated carbocycles. The summed E-state index contributed by atoms with van der Waals surface area (Å²) in [6.07, 6.45) is 8.64. The fourth-order valence-electron chi connectivity index (χ4n) is 2.44. The lowest BCUT2D eigenvalue weighted by molar-refractivity contribution is 1.16. The van der Waals surface area contributed by atoms with Gasteiger partial charge in [0.1, 0.15) is 0 Å². The Labute approximate surface area is 92.5 Å². The molecule has 0 spiro atoms. The van der Waals surface area contributed by atoms with E-state index in [-0.39, 0.29) is 0 Å². The number of rotatable bonds is 0. The Morgan fingerprint density at radius 2 is 1.44 bits per heavy atom. The maximum Gasteiger partial charge on any atom is 0.0893 e. The molecule has 76 valence electrons. The quantitative estimate of drug-likeness (QED) is 0.720. The largest absolute Gasteiger partial charge is 0.367 e. The highest BCUT2D eigenvalue weighted by Gasteiger charge is 2.23. The van der Waals surface area contributed by atoms with Gasteiger partial charge < -0.3 is 5.32 Å². The Morgan fingerprint density at radius 3 is 2.00 bits per heavy atom. The zero-order valence-corrected chi connectivity index (χ0v) is 8.57. The van der Waals surface area contributed by atoms with Crippen molar-refractivity contribution < 1.29 is 0 Å². The van der Waals surface area contributed by atoms with Gasteiger partial charge in [-0.15, -0.1) is 0 Å². The highest BCUT2D eigenvalue weighted by Crippen LogP contribution is 2.42. The van der Waals surface area contributed by atoms with Gasteiger partial charge in [0.25, 0.3) is 0 Å². The number of dihydropyridines is 1. The van der Waals surface area contributed by atoms with E-state index in [2.05, 4.69) is 39.8 Å². The van der Waals surface area contributed by atoms with Gasteiger partial charge in [0, 0.05) is 31.2 Å². The number of nitrogens with zero attached hydrogens (tertiary/aromatic N) is 2. The lowest BCUT2D eigenvalue weighted by atomic mass is 10.1. The number of allylic oxidation sites excluding steroid dienone is 2. The zero-order valence-electron chi connectivity index (χ0n) is 8.57. The first-order chi connectivity index (χ1) is 7.92. The van der Waals surface area contributed by atoms with Crippen LogP contribution >= 0.6 is 0 Å². The van der Waals surface area contributed by atoms with E-state index < -0.39 is 0 Å². The molecule has 0 saturated heterocycles. The van der Waals surface area contributed by atoms with Crippen molar-refractivity contribution in [2.45, 2.75) is 6.42 Å². The normalized spacial score (nSPS) is 16.5. The zero-order chi connectivity index (χ0) is 10.5. The van der Waals surface area contributed by atoms with Gasteiger partial charge in [-0.2, -0.15) is 0 Å². The summed E-state index contributed by atoms with van der Waals surface area (Å²) in [4.78, 5) is 8.69. The van der Waals surface area contributed by atoms with Gasteiger partial charge in [0.05, 0.1) is 11.0 Å². The van der Waals surface area contributed by atoms with Gasteiger partial charge in [0.15, 0.2) is 0 Å². The summed E-state index contributed by atoms with van der Waals surface area (Å²) in [6, 6.07) is 4.27.